The number of hydrogen-bond donors (Lipinski definition) is 2. The van der Waals surface area contributed by atoms with E-state index >= 15 is 0 Å². The lowest BCUT2D eigenvalue weighted by Gasteiger charge is -2.35. The normalized spacial score (nSPS) is 16.8. The third-order valence-corrected chi connectivity index (χ3v) is 4.81. The summed E-state index contributed by atoms with van der Waals surface area (Å²) in [4.78, 5) is 36.5. The van der Waals surface area contributed by atoms with Crippen molar-refractivity contribution in [1.82, 2.24) is 4.90 Å². The zero-order valence-electron chi connectivity index (χ0n) is 12.6. The second-order valence-electron chi connectivity index (χ2n) is 5.50. The largest absolute Gasteiger partial charge is 0.479 e. The van der Waals surface area contributed by atoms with Gasteiger partial charge in [-0.3, -0.25) is 9.59 Å². The van der Waals surface area contributed by atoms with Crippen molar-refractivity contribution in [2.75, 3.05) is 24.6 Å². The quantitative estimate of drug-likeness (QED) is 0.753. The van der Waals surface area contributed by atoms with E-state index in [1.807, 2.05) is 6.07 Å². The number of hydrogen-bond acceptors (Lipinski definition) is 5. The number of piperidine rings is 1. The highest BCUT2D eigenvalue weighted by molar-refractivity contribution is 8.00. The number of aliphatic carboxylic acids is 1. The highest BCUT2D eigenvalue weighted by Gasteiger charge is 2.40. The highest BCUT2D eigenvalue weighted by Crippen LogP contribution is 2.23. The molecule has 0 saturated carbocycles. The molecule has 23 heavy (non-hydrogen) atoms. The van der Waals surface area contributed by atoms with Gasteiger partial charge < -0.3 is 15.1 Å². The molecule has 7 heteroatoms. The van der Waals surface area contributed by atoms with Crippen LogP contribution in [0.4, 0.5) is 0 Å². The van der Waals surface area contributed by atoms with E-state index in [1.54, 1.807) is 24.3 Å². The van der Waals surface area contributed by atoms with Crippen LogP contribution in [0.1, 0.15) is 23.2 Å². The van der Waals surface area contributed by atoms with Crippen LogP contribution in [0, 0.1) is 0 Å². The third-order valence-electron chi connectivity index (χ3n) is 3.90. The Morgan fingerprint density at radius 3 is 2.26 bits per heavy atom. The second-order valence-corrected chi connectivity index (χ2v) is 6.49. The van der Waals surface area contributed by atoms with Gasteiger partial charge in [-0.2, -0.15) is 0 Å². The van der Waals surface area contributed by atoms with Crippen LogP contribution in [0.2, 0.25) is 0 Å². The average molecular weight is 337 g/mol. The van der Waals surface area contributed by atoms with E-state index in [0.717, 1.165) is 0 Å². The van der Waals surface area contributed by atoms with E-state index in [2.05, 4.69) is 0 Å². The molecule has 1 aliphatic rings. The Morgan fingerprint density at radius 1 is 1.09 bits per heavy atom. The number of benzene rings is 1. The van der Waals surface area contributed by atoms with Crippen LogP contribution in [-0.4, -0.2) is 63.0 Å². The van der Waals surface area contributed by atoms with E-state index in [0.29, 0.717) is 5.56 Å². The fourth-order valence-corrected chi connectivity index (χ4v) is 3.18. The number of Topliss-reactive ketones (excluding diaryl/α,β-unsaturated/α-hetero) is 1. The smallest absolute Gasteiger partial charge is 0.335 e. The molecule has 0 atom stereocenters. The van der Waals surface area contributed by atoms with Crippen LogP contribution in [-0.2, 0) is 9.59 Å². The van der Waals surface area contributed by atoms with Crippen LogP contribution in [0.15, 0.2) is 30.3 Å². The van der Waals surface area contributed by atoms with Gasteiger partial charge in [-0.05, 0) is 0 Å². The molecule has 0 aliphatic carbocycles. The number of amides is 1. The van der Waals surface area contributed by atoms with Gasteiger partial charge >= 0.3 is 5.97 Å². The molecule has 1 saturated heterocycles. The van der Waals surface area contributed by atoms with E-state index in [-0.39, 0.29) is 49.1 Å². The first-order chi connectivity index (χ1) is 10.9. The minimum Gasteiger partial charge on any atom is -0.479 e. The van der Waals surface area contributed by atoms with Gasteiger partial charge in [0.15, 0.2) is 11.4 Å². The second kappa shape index (κ2) is 7.61. The van der Waals surface area contributed by atoms with Crippen molar-refractivity contribution < 1.29 is 24.6 Å². The fraction of sp³-hybridized carbons (Fsp3) is 0.438. The summed E-state index contributed by atoms with van der Waals surface area (Å²) in [7, 11) is 0. The van der Waals surface area contributed by atoms with Crippen molar-refractivity contribution in [2.24, 2.45) is 0 Å². The molecule has 6 nitrogen and oxygen atoms in total. The molecule has 1 aromatic rings. The summed E-state index contributed by atoms with van der Waals surface area (Å²) >= 11 is 1.24. The Balaban J connectivity index is 1.74. The molecule has 1 heterocycles. The van der Waals surface area contributed by atoms with Gasteiger partial charge in [0.25, 0.3) is 0 Å². The van der Waals surface area contributed by atoms with E-state index in [9.17, 15) is 19.5 Å². The summed E-state index contributed by atoms with van der Waals surface area (Å²) in [5.74, 6) is -1.01. The number of carbonyl (C=O) groups excluding carboxylic acids is 2. The molecular weight excluding hydrogens is 318 g/mol. The van der Waals surface area contributed by atoms with Crippen molar-refractivity contribution in [3.63, 3.8) is 0 Å². The minimum atomic E-state index is -1.73. The lowest BCUT2D eigenvalue weighted by molar-refractivity contribution is -0.165. The molecule has 1 amide bonds. The Morgan fingerprint density at radius 2 is 1.70 bits per heavy atom. The standard InChI is InChI=1S/C16H19NO5S/c18-13(12-4-2-1-3-5-12)10-23-11-14(19)17-8-6-16(22,7-9-17)15(20)21/h1-5,22H,6-11H2,(H,20,21). The number of aliphatic hydroxyl groups is 1. The SMILES string of the molecule is O=C(CSCC(=O)N1CCC(O)(C(=O)O)CC1)c1ccccc1. The van der Waals surface area contributed by atoms with Crippen LogP contribution >= 0.6 is 11.8 Å². The summed E-state index contributed by atoms with van der Waals surface area (Å²) in [6.07, 6.45) is 0.0589. The van der Waals surface area contributed by atoms with Gasteiger partial charge in [-0.25, -0.2) is 4.79 Å². The van der Waals surface area contributed by atoms with E-state index in [1.165, 1.54) is 16.7 Å². The molecular formula is C16H19NO5S. The predicted molar refractivity (Wildman–Crippen MR) is 86.5 cm³/mol. The monoisotopic (exact) mass is 337 g/mol. The summed E-state index contributed by atoms with van der Waals surface area (Å²) in [6, 6.07) is 8.90. The van der Waals surface area contributed by atoms with Crippen LogP contribution in [0.3, 0.4) is 0 Å². The van der Waals surface area contributed by atoms with Gasteiger partial charge in [-0.1, -0.05) is 30.3 Å². The number of nitrogens with zero attached hydrogens (tertiary/aromatic N) is 1. The lowest BCUT2D eigenvalue weighted by Crippen LogP contribution is -2.51. The van der Waals surface area contributed by atoms with Crippen molar-refractivity contribution in [1.29, 1.82) is 0 Å². The number of carbonyl (C=O) groups is 3. The molecule has 0 spiro atoms. The minimum absolute atomic E-state index is 0.0257. The van der Waals surface area contributed by atoms with Crippen molar-refractivity contribution in [2.45, 2.75) is 18.4 Å². The molecule has 124 valence electrons. The Hall–Kier alpha value is -1.86. The molecule has 0 aromatic heterocycles. The third kappa shape index (κ3) is 4.56. The van der Waals surface area contributed by atoms with Crippen LogP contribution < -0.4 is 0 Å². The Bertz CT molecular complexity index is 581. The van der Waals surface area contributed by atoms with Gasteiger partial charge in [0.2, 0.25) is 5.91 Å². The lowest BCUT2D eigenvalue weighted by atomic mass is 9.92. The molecule has 1 aliphatic heterocycles. The van der Waals surface area contributed by atoms with Gasteiger partial charge in [0.1, 0.15) is 0 Å². The maximum Gasteiger partial charge on any atom is 0.335 e. The number of carboxylic acid groups (broad SMARTS) is 1. The Kier molecular flexibility index (Phi) is 5.79. The maximum absolute atomic E-state index is 12.1. The van der Waals surface area contributed by atoms with Gasteiger partial charge in [0.05, 0.1) is 11.5 Å². The first-order valence-corrected chi connectivity index (χ1v) is 8.47. The molecule has 1 aromatic carbocycles. The van der Waals surface area contributed by atoms with Crippen LogP contribution in [0.5, 0.6) is 0 Å². The summed E-state index contributed by atoms with van der Waals surface area (Å²) in [5.41, 5.74) is -1.11. The first kappa shape index (κ1) is 17.5. The number of likely N-dealkylation sites (tertiary alicyclic amines) is 1. The topological polar surface area (TPSA) is 94.9 Å². The van der Waals surface area contributed by atoms with Crippen molar-refractivity contribution in [3.8, 4) is 0 Å². The molecule has 1 fully saturated rings. The first-order valence-electron chi connectivity index (χ1n) is 7.32. The van der Waals surface area contributed by atoms with Crippen LogP contribution in [0.25, 0.3) is 0 Å². The maximum atomic E-state index is 12.1. The molecule has 0 unspecified atom stereocenters. The highest BCUT2D eigenvalue weighted by atomic mass is 32.2. The zero-order valence-corrected chi connectivity index (χ0v) is 13.4. The Labute approximate surface area is 138 Å². The molecule has 2 N–H and O–H groups in total. The number of rotatable bonds is 6. The average Bonchev–Trinajstić information content (AvgIpc) is 2.56. The summed E-state index contributed by atoms with van der Waals surface area (Å²) in [5, 5.41) is 18.8. The summed E-state index contributed by atoms with van der Waals surface area (Å²) in [6.45, 7) is 0.434. The predicted octanol–water partition coefficient (Wildman–Crippen LogP) is 1.04. The van der Waals surface area contributed by atoms with Crippen molar-refractivity contribution in [3.05, 3.63) is 35.9 Å². The molecule has 0 radical (unpaired) electrons. The van der Waals surface area contributed by atoms with E-state index in [4.69, 9.17) is 5.11 Å². The number of thioether (sulfide) groups is 1. The molecule has 2 rings (SSSR count). The number of ketones is 1. The fourth-order valence-electron chi connectivity index (χ4n) is 2.37. The van der Waals surface area contributed by atoms with Crippen molar-refractivity contribution >= 4 is 29.4 Å². The molecule has 0 bridgehead atoms. The van der Waals surface area contributed by atoms with Gasteiger partial charge in [0, 0.05) is 31.5 Å². The van der Waals surface area contributed by atoms with Gasteiger partial charge in [-0.15, -0.1) is 11.8 Å². The zero-order chi connectivity index (χ0) is 16.9. The number of carboxylic acids is 1. The van der Waals surface area contributed by atoms with E-state index < -0.39 is 11.6 Å². The summed E-state index contributed by atoms with van der Waals surface area (Å²) < 4.78 is 0.